The number of nitrogens with one attached hydrogen (secondary N) is 1. The van der Waals surface area contributed by atoms with Crippen molar-refractivity contribution in [2.75, 3.05) is 6.26 Å². The van der Waals surface area contributed by atoms with E-state index in [1.165, 1.54) is 0 Å². The maximum absolute atomic E-state index is 10.6. The Hall–Kier alpha value is -0.180. The molecule has 0 spiro atoms. The van der Waals surface area contributed by atoms with E-state index in [2.05, 4.69) is 17.9 Å². The van der Waals surface area contributed by atoms with E-state index in [0.717, 1.165) is 19.3 Å². The van der Waals surface area contributed by atoms with Crippen LogP contribution in [0.15, 0.2) is 0 Å². The first-order chi connectivity index (χ1) is 4.79. The summed E-state index contributed by atoms with van der Waals surface area (Å²) in [5, 5.41) is 2.84. The summed E-state index contributed by atoms with van der Waals surface area (Å²) in [5.74, 6) is 0.212. The van der Waals surface area contributed by atoms with Gasteiger partial charge in [-0.15, -0.1) is 0 Å². The molecule has 1 aliphatic heterocycles. The summed E-state index contributed by atoms with van der Waals surface area (Å²) in [5.41, 5.74) is 0. The average Bonchev–Trinajstić information content (AvgIpc) is 1.91. The van der Waals surface area contributed by atoms with Gasteiger partial charge in [0.1, 0.15) is 0 Å². The summed E-state index contributed by atoms with van der Waals surface area (Å²) < 4.78 is 0. The number of carbonyl (C=O) groups is 1. The first kappa shape index (κ1) is 9.82. The molecule has 10 heavy (non-hydrogen) atoms. The van der Waals surface area contributed by atoms with E-state index in [1.807, 2.05) is 6.92 Å². The van der Waals surface area contributed by atoms with Crippen LogP contribution in [0.4, 0.5) is 0 Å². The van der Waals surface area contributed by atoms with Crippen LogP contribution in [0.25, 0.3) is 0 Å². The Balaban J connectivity index is 0.000000371. The van der Waals surface area contributed by atoms with Gasteiger partial charge >= 0.3 is 0 Å². The fourth-order valence-electron chi connectivity index (χ4n) is 0.988. The van der Waals surface area contributed by atoms with Crippen molar-refractivity contribution in [3.63, 3.8) is 0 Å². The summed E-state index contributed by atoms with van der Waals surface area (Å²) >= 11 is 3.53. The van der Waals surface area contributed by atoms with Gasteiger partial charge in [-0.3, -0.25) is 4.79 Å². The minimum atomic E-state index is 0.212. The zero-order chi connectivity index (χ0) is 7.98. The standard InChI is InChI=1S/C6H11NO.CH4S/c1-5-3-2-4-6(8)7-5;1-2/h5H,2-4H2,1H3,(H,7,8);2H,1H3. The molecule has 1 unspecified atom stereocenters. The molecule has 1 atom stereocenters. The van der Waals surface area contributed by atoms with Crippen molar-refractivity contribution in [2.24, 2.45) is 0 Å². The fourth-order valence-corrected chi connectivity index (χ4v) is 0.988. The van der Waals surface area contributed by atoms with Crippen molar-refractivity contribution >= 4 is 18.5 Å². The number of rotatable bonds is 0. The Morgan fingerprint density at radius 2 is 2.20 bits per heavy atom. The van der Waals surface area contributed by atoms with Crippen LogP contribution in [-0.4, -0.2) is 18.2 Å². The quantitative estimate of drug-likeness (QED) is 0.514. The van der Waals surface area contributed by atoms with E-state index in [1.54, 1.807) is 6.26 Å². The molecule has 1 heterocycles. The van der Waals surface area contributed by atoms with Crippen molar-refractivity contribution < 1.29 is 4.79 Å². The van der Waals surface area contributed by atoms with Crippen LogP contribution < -0.4 is 5.32 Å². The monoisotopic (exact) mass is 161 g/mol. The van der Waals surface area contributed by atoms with Gasteiger partial charge in [-0.05, 0) is 26.0 Å². The fraction of sp³-hybridized carbons (Fsp3) is 0.857. The first-order valence-electron chi connectivity index (χ1n) is 3.53. The number of thiol groups is 1. The molecule has 0 aromatic rings. The second kappa shape index (κ2) is 5.59. The van der Waals surface area contributed by atoms with Crippen LogP contribution in [0.3, 0.4) is 0 Å². The van der Waals surface area contributed by atoms with Crippen molar-refractivity contribution in [1.29, 1.82) is 0 Å². The van der Waals surface area contributed by atoms with Crippen LogP contribution in [0.5, 0.6) is 0 Å². The molecule has 1 saturated heterocycles. The maximum Gasteiger partial charge on any atom is 0.220 e. The summed E-state index contributed by atoms with van der Waals surface area (Å²) in [6.07, 6.45) is 4.63. The van der Waals surface area contributed by atoms with E-state index in [9.17, 15) is 4.79 Å². The van der Waals surface area contributed by atoms with E-state index in [4.69, 9.17) is 0 Å². The molecular weight excluding hydrogens is 146 g/mol. The number of hydrogen-bond donors (Lipinski definition) is 2. The van der Waals surface area contributed by atoms with Crippen LogP contribution in [-0.2, 0) is 4.79 Å². The van der Waals surface area contributed by atoms with Gasteiger partial charge in [0.05, 0.1) is 0 Å². The number of hydrogen-bond acceptors (Lipinski definition) is 2. The molecule has 0 aromatic carbocycles. The Kier molecular flexibility index (Phi) is 5.49. The molecule has 1 amide bonds. The van der Waals surface area contributed by atoms with Crippen LogP contribution in [0.2, 0.25) is 0 Å². The van der Waals surface area contributed by atoms with Crippen molar-refractivity contribution in [3.8, 4) is 0 Å². The largest absolute Gasteiger partial charge is 0.354 e. The molecule has 0 aliphatic carbocycles. The third-order valence-corrected chi connectivity index (χ3v) is 1.45. The summed E-state index contributed by atoms with van der Waals surface area (Å²) in [4.78, 5) is 10.6. The molecule has 1 fully saturated rings. The van der Waals surface area contributed by atoms with Gasteiger partial charge in [0.15, 0.2) is 0 Å². The summed E-state index contributed by atoms with van der Waals surface area (Å²) in [6.45, 7) is 2.04. The predicted molar refractivity (Wildman–Crippen MR) is 46.4 cm³/mol. The molecule has 1 N–H and O–H groups in total. The van der Waals surface area contributed by atoms with Gasteiger partial charge in [-0.1, -0.05) is 0 Å². The number of amides is 1. The van der Waals surface area contributed by atoms with Gasteiger partial charge in [-0.25, -0.2) is 0 Å². The number of carbonyl (C=O) groups excluding carboxylic acids is 1. The van der Waals surface area contributed by atoms with Crippen molar-refractivity contribution in [3.05, 3.63) is 0 Å². The Labute approximate surface area is 67.8 Å². The molecule has 0 bridgehead atoms. The lowest BCUT2D eigenvalue weighted by atomic mass is 10.1. The molecule has 2 nitrogen and oxygen atoms in total. The van der Waals surface area contributed by atoms with Gasteiger partial charge in [0, 0.05) is 12.5 Å². The topological polar surface area (TPSA) is 29.1 Å². The molecule has 1 rings (SSSR count). The summed E-state index contributed by atoms with van der Waals surface area (Å²) in [6, 6.07) is 0.413. The zero-order valence-corrected chi connectivity index (χ0v) is 7.45. The normalized spacial score (nSPS) is 24.3. The van der Waals surface area contributed by atoms with Crippen LogP contribution >= 0.6 is 12.6 Å². The van der Waals surface area contributed by atoms with E-state index in [-0.39, 0.29) is 5.91 Å². The molecule has 0 aromatic heterocycles. The first-order valence-corrected chi connectivity index (χ1v) is 4.42. The van der Waals surface area contributed by atoms with Crippen LogP contribution in [0.1, 0.15) is 26.2 Å². The van der Waals surface area contributed by atoms with E-state index < -0.39 is 0 Å². The smallest absolute Gasteiger partial charge is 0.220 e. The molecule has 60 valence electrons. The minimum absolute atomic E-state index is 0.212. The Morgan fingerprint density at radius 3 is 2.50 bits per heavy atom. The van der Waals surface area contributed by atoms with Crippen molar-refractivity contribution in [2.45, 2.75) is 32.2 Å². The molecular formula is C7H15NOS. The Morgan fingerprint density at radius 1 is 1.60 bits per heavy atom. The predicted octanol–water partition coefficient (Wildman–Crippen LogP) is 1.22. The van der Waals surface area contributed by atoms with Gasteiger partial charge in [-0.2, -0.15) is 12.6 Å². The Bertz CT molecular complexity index is 106. The second-order valence-corrected chi connectivity index (χ2v) is 2.36. The van der Waals surface area contributed by atoms with E-state index in [0.29, 0.717) is 6.04 Å². The maximum atomic E-state index is 10.6. The zero-order valence-electron chi connectivity index (χ0n) is 6.55. The second-order valence-electron chi connectivity index (χ2n) is 2.36. The van der Waals surface area contributed by atoms with Gasteiger partial charge in [0.25, 0.3) is 0 Å². The number of piperidine rings is 1. The molecule has 0 radical (unpaired) electrons. The highest BCUT2D eigenvalue weighted by Gasteiger charge is 2.12. The van der Waals surface area contributed by atoms with Crippen LogP contribution in [0, 0.1) is 0 Å². The molecule has 0 saturated carbocycles. The minimum Gasteiger partial charge on any atom is -0.354 e. The summed E-state index contributed by atoms with van der Waals surface area (Å²) in [7, 11) is 0. The lowest BCUT2D eigenvalue weighted by molar-refractivity contribution is -0.123. The molecule has 3 heteroatoms. The molecule has 1 aliphatic rings. The SMILES string of the molecule is CC1CCCC(=O)N1.CS. The van der Waals surface area contributed by atoms with Gasteiger partial charge in [0.2, 0.25) is 5.91 Å². The highest BCUT2D eigenvalue weighted by atomic mass is 32.1. The van der Waals surface area contributed by atoms with E-state index >= 15 is 0 Å². The average molecular weight is 161 g/mol. The van der Waals surface area contributed by atoms with Gasteiger partial charge < -0.3 is 5.32 Å². The van der Waals surface area contributed by atoms with Crippen molar-refractivity contribution in [1.82, 2.24) is 5.32 Å². The lowest BCUT2D eigenvalue weighted by Gasteiger charge is -2.18. The lowest BCUT2D eigenvalue weighted by Crippen LogP contribution is -2.36. The third-order valence-electron chi connectivity index (χ3n) is 1.45. The highest BCUT2D eigenvalue weighted by molar-refractivity contribution is 7.79. The highest BCUT2D eigenvalue weighted by Crippen LogP contribution is 2.05. The third kappa shape index (κ3) is 3.77.